The van der Waals surface area contributed by atoms with Crippen molar-refractivity contribution in [3.05, 3.63) is 78.4 Å². The minimum Gasteiger partial charge on any atom is -0.490 e. The first-order chi connectivity index (χ1) is 12.6. The molecule has 0 saturated carbocycles. The number of carbonyl (C=O) groups is 2. The van der Waals surface area contributed by atoms with Gasteiger partial charge in [0.2, 0.25) is 0 Å². The Bertz CT molecular complexity index is 720. The van der Waals surface area contributed by atoms with Crippen LogP contribution in [0, 0.1) is 0 Å². The summed E-state index contributed by atoms with van der Waals surface area (Å²) in [6.07, 6.45) is 3.54. The van der Waals surface area contributed by atoms with E-state index >= 15 is 0 Å². The summed E-state index contributed by atoms with van der Waals surface area (Å²) in [6.45, 7) is 5.76. The van der Waals surface area contributed by atoms with Gasteiger partial charge in [-0.3, -0.25) is 4.79 Å². The molecule has 2 rings (SSSR count). The molecular weight excluding hydrogens is 328 g/mol. The highest BCUT2D eigenvalue weighted by atomic mass is 16.6. The number of ether oxygens (including phenoxy) is 2. The second-order valence-electron chi connectivity index (χ2n) is 5.94. The Morgan fingerprint density at radius 1 is 1.04 bits per heavy atom. The molecule has 0 aliphatic rings. The fourth-order valence-electron chi connectivity index (χ4n) is 2.47. The van der Waals surface area contributed by atoms with Gasteiger partial charge in [-0.25, -0.2) is 4.79 Å². The highest BCUT2D eigenvalue weighted by Gasteiger charge is 2.14. The molecule has 0 radical (unpaired) electrons. The maximum atomic E-state index is 12.4. The van der Waals surface area contributed by atoms with Gasteiger partial charge < -0.3 is 9.47 Å². The van der Waals surface area contributed by atoms with Crippen LogP contribution in [0.4, 0.5) is 0 Å². The van der Waals surface area contributed by atoms with Crippen LogP contribution >= 0.6 is 0 Å². The monoisotopic (exact) mass is 352 g/mol. The lowest BCUT2D eigenvalue weighted by Gasteiger charge is -2.17. The summed E-state index contributed by atoms with van der Waals surface area (Å²) < 4.78 is 11.0. The van der Waals surface area contributed by atoms with Crippen LogP contribution < -0.4 is 4.74 Å². The second kappa shape index (κ2) is 10.2. The van der Waals surface area contributed by atoms with E-state index in [4.69, 9.17) is 9.47 Å². The summed E-state index contributed by atoms with van der Waals surface area (Å²) in [5, 5.41) is 0. The SMILES string of the molecule is C=CC(=O)OC(CCCC)COc1ccc(C(=O)c2ccccc2)cc1. The molecule has 136 valence electrons. The van der Waals surface area contributed by atoms with E-state index in [0.29, 0.717) is 16.9 Å². The Hall–Kier alpha value is -2.88. The molecule has 2 aromatic rings. The molecule has 0 bridgehead atoms. The Kier molecular flexibility index (Phi) is 7.62. The van der Waals surface area contributed by atoms with Gasteiger partial charge >= 0.3 is 5.97 Å². The molecule has 4 heteroatoms. The summed E-state index contributed by atoms with van der Waals surface area (Å²) in [4.78, 5) is 23.8. The maximum absolute atomic E-state index is 12.4. The van der Waals surface area contributed by atoms with Crippen molar-refractivity contribution in [3.8, 4) is 5.75 Å². The lowest BCUT2D eigenvalue weighted by atomic mass is 10.0. The largest absolute Gasteiger partial charge is 0.490 e. The standard InChI is InChI=1S/C22H24O4/c1-3-5-11-20(26-21(23)4-2)16-25-19-14-12-18(13-15-19)22(24)17-9-7-6-8-10-17/h4,6-10,12-15,20H,2-3,5,11,16H2,1H3. The highest BCUT2D eigenvalue weighted by Crippen LogP contribution is 2.17. The van der Waals surface area contributed by atoms with Crippen molar-refractivity contribution < 1.29 is 19.1 Å². The molecule has 0 spiro atoms. The van der Waals surface area contributed by atoms with E-state index in [2.05, 4.69) is 13.5 Å². The van der Waals surface area contributed by atoms with Crippen LogP contribution in [0.2, 0.25) is 0 Å². The van der Waals surface area contributed by atoms with E-state index < -0.39 is 5.97 Å². The second-order valence-corrected chi connectivity index (χ2v) is 5.94. The number of rotatable bonds is 10. The topological polar surface area (TPSA) is 52.6 Å². The molecule has 26 heavy (non-hydrogen) atoms. The highest BCUT2D eigenvalue weighted by molar-refractivity contribution is 6.08. The van der Waals surface area contributed by atoms with E-state index in [1.54, 1.807) is 36.4 Å². The maximum Gasteiger partial charge on any atom is 0.330 e. The molecule has 0 amide bonds. The van der Waals surface area contributed by atoms with Gasteiger partial charge in [0.15, 0.2) is 5.78 Å². The van der Waals surface area contributed by atoms with Gasteiger partial charge in [-0.1, -0.05) is 50.3 Å². The number of ketones is 1. The Balaban J connectivity index is 1.95. The summed E-state index contributed by atoms with van der Waals surface area (Å²) in [6, 6.07) is 16.1. The number of unbranched alkanes of at least 4 members (excludes halogenated alkanes) is 1. The Morgan fingerprint density at radius 3 is 2.31 bits per heavy atom. The zero-order valence-corrected chi connectivity index (χ0v) is 15.0. The van der Waals surface area contributed by atoms with E-state index in [0.717, 1.165) is 25.3 Å². The third kappa shape index (κ3) is 5.88. The number of carbonyl (C=O) groups excluding carboxylic acids is 2. The summed E-state index contributed by atoms with van der Waals surface area (Å²) in [5.41, 5.74) is 1.25. The average molecular weight is 352 g/mol. The average Bonchev–Trinajstić information content (AvgIpc) is 2.70. The third-order valence-corrected chi connectivity index (χ3v) is 3.92. The lowest BCUT2D eigenvalue weighted by molar-refractivity contribution is -0.144. The molecular formula is C22H24O4. The molecule has 2 aromatic carbocycles. The predicted molar refractivity (Wildman–Crippen MR) is 101 cm³/mol. The molecule has 0 fully saturated rings. The quantitative estimate of drug-likeness (QED) is 0.357. The van der Waals surface area contributed by atoms with Gasteiger partial charge in [-0.2, -0.15) is 0 Å². The third-order valence-electron chi connectivity index (χ3n) is 3.92. The molecule has 0 saturated heterocycles. The smallest absolute Gasteiger partial charge is 0.330 e. The van der Waals surface area contributed by atoms with Crippen molar-refractivity contribution in [2.45, 2.75) is 32.3 Å². The van der Waals surface area contributed by atoms with Crippen molar-refractivity contribution in [3.63, 3.8) is 0 Å². The molecule has 0 aliphatic heterocycles. The predicted octanol–water partition coefficient (Wildman–Crippen LogP) is 4.58. The number of hydrogen-bond donors (Lipinski definition) is 0. The molecule has 0 aliphatic carbocycles. The first-order valence-electron chi connectivity index (χ1n) is 8.79. The van der Waals surface area contributed by atoms with Crippen molar-refractivity contribution in [2.75, 3.05) is 6.61 Å². The van der Waals surface area contributed by atoms with Gasteiger partial charge in [-0.15, -0.1) is 0 Å². The fourth-order valence-corrected chi connectivity index (χ4v) is 2.47. The van der Waals surface area contributed by atoms with Crippen LogP contribution in [0.5, 0.6) is 5.75 Å². The summed E-state index contributed by atoms with van der Waals surface area (Å²) in [5.74, 6) is 0.155. The van der Waals surface area contributed by atoms with Crippen LogP contribution in [0.15, 0.2) is 67.3 Å². The first-order valence-corrected chi connectivity index (χ1v) is 8.79. The van der Waals surface area contributed by atoms with Crippen LogP contribution in [0.3, 0.4) is 0 Å². The fraction of sp³-hybridized carbons (Fsp3) is 0.273. The van der Waals surface area contributed by atoms with Crippen LogP contribution in [0.1, 0.15) is 42.1 Å². The first kappa shape index (κ1) is 19.4. The minimum atomic E-state index is -0.446. The number of benzene rings is 2. The van der Waals surface area contributed by atoms with Crippen molar-refractivity contribution in [1.29, 1.82) is 0 Å². The lowest BCUT2D eigenvalue weighted by Crippen LogP contribution is -2.24. The Morgan fingerprint density at radius 2 is 1.69 bits per heavy atom. The van der Waals surface area contributed by atoms with E-state index in [1.165, 1.54) is 0 Å². The van der Waals surface area contributed by atoms with Gasteiger partial charge in [0.25, 0.3) is 0 Å². The summed E-state index contributed by atoms with van der Waals surface area (Å²) >= 11 is 0. The van der Waals surface area contributed by atoms with Gasteiger partial charge in [0, 0.05) is 17.2 Å². The Labute approximate surface area is 154 Å². The van der Waals surface area contributed by atoms with Crippen molar-refractivity contribution in [2.24, 2.45) is 0 Å². The molecule has 4 nitrogen and oxygen atoms in total. The van der Waals surface area contributed by atoms with Crippen LogP contribution in [-0.2, 0) is 9.53 Å². The van der Waals surface area contributed by atoms with Gasteiger partial charge in [0.1, 0.15) is 18.5 Å². The van der Waals surface area contributed by atoms with Crippen LogP contribution in [-0.4, -0.2) is 24.5 Å². The number of hydrogen-bond acceptors (Lipinski definition) is 4. The van der Waals surface area contributed by atoms with Crippen molar-refractivity contribution in [1.82, 2.24) is 0 Å². The molecule has 1 unspecified atom stereocenters. The molecule has 0 aromatic heterocycles. The molecule has 1 atom stereocenters. The van der Waals surface area contributed by atoms with E-state index in [-0.39, 0.29) is 18.5 Å². The van der Waals surface area contributed by atoms with Crippen LogP contribution in [0.25, 0.3) is 0 Å². The number of esters is 1. The van der Waals surface area contributed by atoms with E-state index in [1.807, 2.05) is 18.2 Å². The summed E-state index contributed by atoms with van der Waals surface area (Å²) in [7, 11) is 0. The van der Waals surface area contributed by atoms with Crippen molar-refractivity contribution >= 4 is 11.8 Å². The molecule has 0 heterocycles. The molecule has 0 N–H and O–H groups in total. The van der Waals surface area contributed by atoms with Gasteiger partial charge in [0.05, 0.1) is 0 Å². The zero-order chi connectivity index (χ0) is 18.8. The minimum absolute atomic E-state index is 0.0297. The zero-order valence-electron chi connectivity index (χ0n) is 15.0. The van der Waals surface area contributed by atoms with Gasteiger partial charge in [-0.05, 0) is 37.1 Å². The van der Waals surface area contributed by atoms with E-state index in [9.17, 15) is 9.59 Å². The normalized spacial score (nSPS) is 11.4.